The Balaban J connectivity index is 1.45. The van der Waals surface area contributed by atoms with E-state index in [0.717, 1.165) is 40.2 Å². The minimum absolute atomic E-state index is 0.00747. The summed E-state index contributed by atoms with van der Waals surface area (Å²) in [5.41, 5.74) is 10.2. The van der Waals surface area contributed by atoms with Crippen molar-refractivity contribution in [2.45, 2.75) is 32.7 Å². The number of carbonyl (C=O) groups is 1. The maximum Gasteiger partial charge on any atom is 0.260 e. The number of hydrogen-bond donors (Lipinski definition) is 1. The third-order valence-electron chi connectivity index (χ3n) is 5.41. The molecule has 2 N–H and O–H groups in total. The molecular weight excluding hydrogens is 368 g/mol. The van der Waals surface area contributed by atoms with Crippen molar-refractivity contribution in [2.24, 2.45) is 5.73 Å². The van der Waals surface area contributed by atoms with Crippen LogP contribution in [-0.4, -0.2) is 56.8 Å². The fourth-order valence-corrected chi connectivity index (χ4v) is 3.94. The van der Waals surface area contributed by atoms with E-state index in [2.05, 4.69) is 9.97 Å². The van der Waals surface area contributed by atoms with Crippen molar-refractivity contribution in [2.75, 3.05) is 26.2 Å². The number of benzene rings is 1. The summed E-state index contributed by atoms with van der Waals surface area (Å²) in [6.07, 6.45) is 4.19. The van der Waals surface area contributed by atoms with E-state index in [1.54, 1.807) is 12.4 Å². The molecule has 0 radical (unpaired) electrons. The number of amides is 1. The summed E-state index contributed by atoms with van der Waals surface area (Å²) in [4.78, 5) is 23.5. The molecule has 2 aromatic heterocycles. The van der Waals surface area contributed by atoms with Gasteiger partial charge >= 0.3 is 0 Å². The van der Waals surface area contributed by atoms with Gasteiger partial charge in [0.05, 0.1) is 12.2 Å². The van der Waals surface area contributed by atoms with Crippen LogP contribution in [-0.2, 0) is 11.3 Å². The summed E-state index contributed by atoms with van der Waals surface area (Å²) in [6, 6.07) is 5.96. The Hall–Kier alpha value is -3.00. The van der Waals surface area contributed by atoms with E-state index in [0.29, 0.717) is 26.2 Å². The van der Waals surface area contributed by atoms with Gasteiger partial charge in [0.1, 0.15) is 11.3 Å². The quantitative estimate of drug-likeness (QED) is 0.684. The molecule has 8 heteroatoms. The Morgan fingerprint density at radius 3 is 2.76 bits per heavy atom. The average Bonchev–Trinajstić information content (AvgIpc) is 3.33. The van der Waals surface area contributed by atoms with Gasteiger partial charge in [0.15, 0.2) is 12.3 Å². The Kier molecular flexibility index (Phi) is 5.44. The van der Waals surface area contributed by atoms with E-state index >= 15 is 0 Å². The predicted molar refractivity (Wildman–Crippen MR) is 110 cm³/mol. The Morgan fingerprint density at radius 1 is 1.24 bits per heavy atom. The zero-order valence-electron chi connectivity index (χ0n) is 16.8. The van der Waals surface area contributed by atoms with Crippen LogP contribution < -0.4 is 10.5 Å². The van der Waals surface area contributed by atoms with Crippen LogP contribution in [0.1, 0.15) is 29.2 Å². The average molecular weight is 394 g/mol. The highest BCUT2D eigenvalue weighted by Crippen LogP contribution is 2.30. The van der Waals surface area contributed by atoms with Crippen molar-refractivity contribution < 1.29 is 9.53 Å². The molecule has 8 nitrogen and oxygen atoms in total. The van der Waals surface area contributed by atoms with E-state index < -0.39 is 0 Å². The van der Waals surface area contributed by atoms with E-state index in [9.17, 15) is 4.79 Å². The van der Waals surface area contributed by atoms with Crippen LogP contribution in [0.2, 0.25) is 0 Å². The molecule has 1 aliphatic rings. The predicted octanol–water partition coefficient (Wildman–Crippen LogP) is 1.80. The van der Waals surface area contributed by atoms with Crippen LogP contribution in [0.25, 0.3) is 11.2 Å². The minimum atomic E-state index is -0.00747. The monoisotopic (exact) mass is 394 g/mol. The molecule has 3 heterocycles. The van der Waals surface area contributed by atoms with Gasteiger partial charge in [0, 0.05) is 37.9 Å². The lowest BCUT2D eigenvalue weighted by Crippen LogP contribution is -2.33. The number of carbonyl (C=O) groups excluding carboxylic acids is 1. The van der Waals surface area contributed by atoms with Gasteiger partial charge in [-0.3, -0.25) is 4.79 Å². The normalized spacial score (nSPS) is 16.5. The van der Waals surface area contributed by atoms with Gasteiger partial charge in [0.2, 0.25) is 0 Å². The number of aromatic nitrogens is 4. The lowest BCUT2D eigenvalue weighted by Gasteiger charge is -2.18. The first-order chi connectivity index (χ1) is 14.1. The van der Waals surface area contributed by atoms with Crippen LogP contribution in [0.15, 0.2) is 30.6 Å². The van der Waals surface area contributed by atoms with Crippen molar-refractivity contribution in [3.05, 3.63) is 47.4 Å². The molecule has 1 saturated heterocycles. The van der Waals surface area contributed by atoms with Crippen LogP contribution in [0.4, 0.5) is 0 Å². The largest absolute Gasteiger partial charge is 0.483 e. The van der Waals surface area contributed by atoms with Crippen molar-refractivity contribution in [1.82, 2.24) is 24.6 Å². The van der Waals surface area contributed by atoms with Crippen LogP contribution in [0.5, 0.6) is 5.75 Å². The Bertz CT molecular complexity index is 1010. The van der Waals surface area contributed by atoms with Crippen LogP contribution >= 0.6 is 0 Å². The van der Waals surface area contributed by atoms with Crippen LogP contribution in [0.3, 0.4) is 0 Å². The smallest absolute Gasteiger partial charge is 0.260 e. The standard InChI is InChI=1S/C21H26N6O2/c1-14-4-3-5-15(2)20(14)29-13-17(28)26-10-6-16(12-26)18-19-21(24-9-8-23-19)27(25-18)11-7-22/h3-5,8-9,16H,6-7,10-13,22H2,1-2H3/t16-/m1/s1. The maximum atomic E-state index is 12.7. The third kappa shape index (κ3) is 3.80. The number of hydrogen-bond acceptors (Lipinski definition) is 6. The number of ether oxygens (including phenoxy) is 1. The highest BCUT2D eigenvalue weighted by molar-refractivity contribution is 5.79. The number of rotatable bonds is 6. The third-order valence-corrected chi connectivity index (χ3v) is 5.41. The van der Waals surface area contributed by atoms with E-state index in [-0.39, 0.29) is 18.4 Å². The van der Waals surface area contributed by atoms with E-state index in [4.69, 9.17) is 15.6 Å². The molecular formula is C21H26N6O2. The summed E-state index contributed by atoms with van der Waals surface area (Å²) in [7, 11) is 0. The van der Waals surface area contributed by atoms with Crippen molar-refractivity contribution in [3.63, 3.8) is 0 Å². The zero-order chi connectivity index (χ0) is 20.4. The van der Waals surface area contributed by atoms with Gasteiger partial charge in [-0.1, -0.05) is 18.2 Å². The summed E-state index contributed by atoms with van der Waals surface area (Å²) in [5, 5.41) is 4.71. The Morgan fingerprint density at radius 2 is 2.00 bits per heavy atom. The number of likely N-dealkylation sites (tertiary alicyclic amines) is 1. The highest BCUT2D eigenvalue weighted by Gasteiger charge is 2.31. The van der Waals surface area contributed by atoms with Gasteiger partial charge in [-0.2, -0.15) is 5.10 Å². The molecule has 0 saturated carbocycles. The topological polar surface area (TPSA) is 99.2 Å². The summed E-state index contributed by atoms with van der Waals surface area (Å²) in [6.45, 7) is 6.39. The second-order valence-electron chi connectivity index (χ2n) is 7.46. The van der Waals surface area contributed by atoms with E-state index in [1.165, 1.54) is 0 Å². The maximum absolute atomic E-state index is 12.7. The summed E-state index contributed by atoms with van der Waals surface area (Å²) in [5.74, 6) is 0.919. The lowest BCUT2D eigenvalue weighted by atomic mass is 10.0. The second kappa shape index (κ2) is 8.16. The molecule has 1 aromatic carbocycles. The summed E-state index contributed by atoms with van der Waals surface area (Å²) >= 11 is 0. The number of para-hydroxylation sites is 1. The number of aryl methyl sites for hydroxylation is 2. The first-order valence-electron chi connectivity index (χ1n) is 9.92. The number of fused-ring (bicyclic) bond motifs is 1. The molecule has 152 valence electrons. The molecule has 3 aromatic rings. The zero-order valence-corrected chi connectivity index (χ0v) is 16.8. The molecule has 0 spiro atoms. The molecule has 1 atom stereocenters. The van der Waals surface area contributed by atoms with Gasteiger partial charge in [-0.25, -0.2) is 14.6 Å². The molecule has 1 aliphatic heterocycles. The van der Waals surface area contributed by atoms with Crippen molar-refractivity contribution in [1.29, 1.82) is 0 Å². The first kappa shape index (κ1) is 19.3. The number of nitrogens with two attached hydrogens (primary N) is 1. The SMILES string of the molecule is Cc1cccc(C)c1OCC(=O)N1CC[C@@H](c2nn(CCN)c3nccnc23)C1. The fourth-order valence-electron chi connectivity index (χ4n) is 3.94. The first-order valence-corrected chi connectivity index (χ1v) is 9.92. The highest BCUT2D eigenvalue weighted by atomic mass is 16.5. The molecule has 29 heavy (non-hydrogen) atoms. The second-order valence-corrected chi connectivity index (χ2v) is 7.46. The minimum Gasteiger partial charge on any atom is -0.483 e. The van der Waals surface area contributed by atoms with Crippen LogP contribution in [0, 0.1) is 13.8 Å². The van der Waals surface area contributed by atoms with E-state index in [1.807, 2.05) is 41.6 Å². The van der Waals surface area contributed by atoms with Gasteiger partial charge in [-0.15, -0.1) is 0 Å². The molecule has 0 unspecified atom stereocenters. The summed E-state index contributed by atoms with van der Waals surface area (Å²) < 4.78 is 7.65. The molecule has 1 fully saturated rings. The van der Waals surface area contributed by atoms with Gasteiger partial charge in [0.25, 0.3) is 5.91 Å². The number of nitrogens with zero attached hydrogens (tertiary/aromatic N) is 5. The molecule has 1 amide bonds. The Labute approximate surface area is 169 Å². The van der Waals surface area contributed by atoms with Gasteiger partial charge in [-0.05, 0) is 31.4 Å². The van der Waals surface area contributed by atoms with Crippen molar-refractivity contribution >= 4 is 17.1 Å². The molecule has 4 rings (SSSR count). The molecule has 0 aliphatic carbocycles. The van der Waals surface area contributed by atoms with Gasteiger partial charge < -0.3 is 15.4 Å². The van der Waals surface area contributed by atoms with Crippen molar-refractivity contribution in [3.8, 4) is 5.75 Å². The lowest BCUT2D eigenvalue weighted by molar-refractivity contribution is -0.132. The fraction of sp³-hybridized carbons (Fsp3) is 0.429. The molecule has 0 bridgehead atoms.